The molecule has 2 rings (SSSR count). The van der Waals surface area contributed by atoms with Crippen molar-refractivity contribution in [3.05, 3.63) is 24.2 Å². The van der Waals surface area contributed by atoms with Crippen molar-refractivity contribution in [2.45, 2.75) is 38.1 Å². The molecule has 1 fully saturated rings. The number of amides is 1. The van der Waals surface area contributed by atoms with Gasteiger partial charge in [0.25, 0.3) is 0 Å². The fourth-order valence-electron chi connectivity index (χ4n) is 2.12. The maximum Gasteiger partial charge on any atom is 0.220 e. The number of aryl methyl sites for hydroxylation is 1. The van der Waals surface area contributed by atoms with Crippen LogP contribution in [0.1, 0.15) is 31.9 Å². The molecule has 0 radical (unpaired) electrons. The molecule has 1 aliphatic heterocycles. The maximum absolute atomic E-state index is 11.8. The Morgan fingerprint density at radius 1 is 1.59 bits per heavy atom. The summed E-state index contributed by atoms with van der Waals surface area (Å²) in [6.45, 7) is 3.45. The van der Waals surface area contributed by atoms with E-state index >= 15 is 0 Å². The van der Waals surface area contributed by atoms with Gasteiger partial charge < -0.3 is 14.5 Å². The summed E-state index contributed by atoms with van der Waals surface area (Å²) in [7, 11) is 0. The molecule has 1 unspecified atom stereocenters. The highest BCUT2D eigenvalue weighted by atomic mass is 16.5. The first kappa shape index (κ1) is 12.2. The van der Waals surface area contributed by atoms with E-state index in [0.29, 0.717) is 19.4 Å². The zero-order valence-corrected chi connectivity index (χ0v) is 10.2. The van der Waals surface area contributed by atoms with Crippen LogP contribution in [0.5, 0.6) is 0 Å². The molecule has 94 valence electrons. The number of ether oxygens (including phenoxy) is 1. The van der Waals surface area contributed by atoms with Crippen molar-refractivity contribution < 1.29 is 13.9 Å². The van der Waals surface area contributed by atoms with Crippen LogP contribution in [0.4, 0.5) is 0 Å². The van der Waals surface area contributed by atoms with E-state index in [9.17, 15) is 4.79 Å². The Hall–Kier alpha value is -1.29. The van der Waals surface area contributed by atoms with Crippen LogP contribution >= 0.6 is 0 Å². The largest absolute Gasteiger partial charge is 0.469 e. The number of hydrogen-bond donors (Lipinski definition) is 1. The van der Waals surface area contributed by atoms with Crippen LogP contribution in [-0.4, -0.2) is 24.7 Å². The first-order chi connectivity index (χ1) is 8.18. The molecule has 4 nitrogen and oxygen atoms in total. The Balaban J connectivity index is 1.76. The smallest absolute Gasteiger partial charge is 0.220 e. The lowest BCUT2D eigenvalue weighted by Crippen LogP contribution is -2.51. The second-order valence-corrected chi connectivity index (χ2v) is 4.84. The molecule has 0 bridgehead atoms. The molecule has 0 spiro atoms. The minimum Gasteiger partial charge on any atom is -0.469 e. The summed E-state index contributed by atoms with van der Waals surface area (Å²) in [5.41, 5.74) is -0.196. The lowest BCUT2D eigenvalue weighted by molar-refractivity contribution is -0.124. The van der Waals surface area contributed by atoms with E-state index in [4.69, 9.17) is 9.15 Å². The van der Waals surface area contributed by atoms with E-state index < -0.39 is 0 Å². The summed E-state index contributed by atoms with van der Waals surface area (Å²) in [6.07, 6.45) is 4.73. The Kier molecular flexibility index (Phi) is 3.84. The van der Waals surface area contributed by atoms with Gasteiger partial charge in [-0.3, -0.25) is 4.79 Å². The van der Waals surface area contributed by atoms with Gasteiger partial charge in [0.15, 0.2) is 0 Å². The molecular weight excluding hydrogens is 218 g/mol. The lowest BCUT2D eigenvalue weighted by Gasteiger charge is -2.34. The van der Waals surface area contributed by atoms with Crippen molar-refractivity contribution >= 4 is 5.91 Å². The minimum absolute atomic E-state index is 0.0643. The summed E-state index contributed by atoms with van der Waals surface area (Å²) >= 11 is 0. The fraction of sp³-hybridized carbons (Fsp3) is 0.615. The maximum atomic E-state index is 11.8. The Morgan fingerprint density at radius 3 is 3.12 bits per heavy atom. The molecule has 2 heterocycles. The average Bonchev–Trinajstić information content (AvgIpc) is 2.79. The van der Waals surface area contributed by atoms with Crippen molar-refractivity contribution in [2.75, 3.05) is 13.2 Å². The minimum atomic E-state index is -0.196. The summed E-state index contributed by atoms with van der Waals surface area (Å²) in [6, 6.07) is 3.72. The topological polar surface area (TPSA) is 51.5 Å². The third-order valence-electron chi connectivity index (χ3n) is 3.06. The first-order valence-corrected chi connectivity index (χ1v) is 6.09. The Labute approximate surface area is 101 Å². The van der Waals surface area contributed by atoms with Gasteiger partial charge in [0.1, 0.15) is 5.76 Å². The van der Waals surface area contributed by atoms with Crippen molar-refractivity contribution in [1.82, 2.24) is 5.32 Å². The third-order valence-corrected chi connectivity index (χ3v) is 3.06. The van der Waals surface area contributed by atoms with E-state index in [1.165, 1.54) is 0 Å². The molecule has 17 heavy (non-hydrogen) atoms. The quantitative estimate of drug-likeness (QED) is 0.870. The summed E-state index contributed by atoms with van der Waals surface area (Å²) in [5, 5.41) is 3.05. The SMILES string of the molecule is CC1(NC(=O)CCc2ccco2)CCCOC1. The number of hydrogen-bond acceptors (Lipinski definition) is 3. The van der Waals surface area contributed by atoms with Crippen molar-refractivity contribution in [1.29, 1.82) is 0 Å². The second kappa shape index (κ2) is 5.36. The number of rotatable bonds is 4. The van der Waals surface area contributed by atoms with Crippen LogP contribution in [0.15, 0.2) is 22.8 Å². The fourth-order valence-corrected chi connectivity index (χ4v) is 2.12. The van der Waals surface area contributed by atoms with Crippen LogP contribution in [0.25, 0.3) is 0 Å². The predicted octanol–water partition coefficient (Wildman–Crippen LogP) is 1.90. The molecule has 4 heteroatoms. The third kappa shape index (κ3) is 3.60. The molecule has 0 saturated carbocycles. The van der Waals surface area contributed by atoms with E-state index in [1.54, 1.807) is 6.26 Å². The highest BCUT2D eigenvalue weighted by Crippen LogP contribution is 2.18. The van der Waals surface area contributed by atoms with E-state index in [0.717, 1.165) is 25.2 Å². The molecule has 0 aliphatic carbocycles. The predicted molar refractivity (Wildman–Crippen MR) is 63.6 cm³/mol. The molecular formula is C13H19NO3. The second-order valence-electron chi connectivity index (χ2n) is 4.84. The average molecular weight is 237 g/mol. The van der Waals surface area contributed by atoms with Gasteiger partial charge in [0, 0.05) is 19.4 Å². The molecule has 0 aromatic carbocycles. The van der Waals surface area contributed by atoms with Crippen LogP contribution in [0.3, 0.4) is 0 Å². The summed E-state index contributed by atoms with van der Waals surface area (Å²) < 4.78 is 10.6. The van der Waals surface area contributed by atoms with Crippen LogP contribution in [-0.2, 0) is 16.0 Å². The van der Waals surface area contributed by atoms with Crippen LogP contribution in [0.2, 0.25) is 0 Å². The van der Waals surface area contributed by atoms with Gasteiger partial charge in [0.2, 0.25) is 5.91 Å². The van der Waals surface area contributed by atoms with Gasteiger partial charge in [-0.25, -0.2) is 0 Å². The standard InChI is InChI=1S/C13H19NO3/c1-13(7-3-8-16-10-13)14-12(15)6-5-11-4-2-9-17-11/h2,4,9H,3,5-8,10H2,1H3,(H,14,15). The van der Waals surface area contributed by atoms with E-state index in [1.807, 2.05) is 19.1 Å². The van der Waals surface area contributed by atoms with Crippen molar-refractivity contribution in [3.63, 3.8) is 0 Å². The number of furan rings is 1. The highest BCUT2D eigenvalue weighted by Gasteiger charge is 2.28. The number of carbonyl (C=O) groups excluding carboxylic acids is 1. The number of nitrogens with one attached hydrogen (secondary N) is 1. The molecule has 1 aromatic rings. The van der Waals surface area contributed by atoms with Gasteiger partial charge in [0.05, 0.1) is 18.4 Å². The zero-order valence-electron chi connectivity index (χ0n) is 10.2. The van der Waals surface area contributed by atoms with E-state index in [2.05, 4.69) is 5.32 Å². The summed E-state index contributed by atoms with van der Waals surface area (Å²) in [4.78, 5) is 11.8. The van der Waals surface area contributed by atoms with E-state index in [-0.39, 0.29) is 11.4 Å². The molecule has 1 atom stereocenters. The first-order valence-electron chi connectivity index (χ1n) is 6.09. The highest BCUT2D eigenvalue weighted by molar-refractivity contribution is 5.77. The Morgan fingerprint density at radius 2 is 2.47 bits per heavy atom. The molecule has 1 aliphatic rings. The monoisotopic (exact) mass is 237 g/mol. The van der Waals surface area contributed by atoms with Crippen LogP contribution < -0.4 is 5.32 Å². The molecule has 1 amide bonds. The molecule has 1 aromatic heterocycles. The molecule has 1 N–H and O–H groups in total. The van der Waals surface area contributed by atoms with Crippen molar-refractivity contribution in [2.24, 2.45) is 0 Å². The molecule has 1 saturated heterocycles. The van der Waals surface area contributed by atoms with Gasteiger partial charge in [-0.2, -0.15) is 0 Å². The van der Waals surface area contributed by atoms with Crippen LogP contribution in [0, 0.1) is 0 Å². The van der Waals surface area contributed by atoms with Gasteiger partial charge in [-0.1, -0.05) is 0 Å². The Bertz CT molecular complexity index is 353. The lowest BCUT2D eigenvalue weighted by atomic mass is 9.94. The van der Waals surface area contributed by atoms with Gasteiger partial charge >= 0.3 is 0 Å². The van der Waals surface area contributed by atoms with Crippen molar-refractivity contribution in [3.8, 4) is 0 Å². The number of carbonyl (C=O) groups is 1. The van der Waals surface area contributed by atoms with Gasteiger partial charge in [-0.15, -0.1) is 0 Å². The zero-order chi connectivity index (χ0) is 12.1. The summed E-state index contributed by atoms with van der Waals surface area (Å²) in [5.74, 6) is 0.916. The normalized spacial score (nSPS) is 24.5. The van der Waals surface area contributed by atoms with Gasteiger partial charge in [-0.05, 0) is 31.9 Å².